The minimum absolute atomic E-state index is 0. The molecule has 210 valence electrons. The van der Waals surface area contributed by atoms with E-state index in [0.717, 1.165) is 12.3 Å². The zero-order chi connectivity index (χ0) is 28.0. The molecule has 0 saturated carbocycles. The molecule has 0 fully saturated rings. The second-order valence-corrected chi connectivity index (χ2v) is 14.2. The molecule has 1 atom stereocenters. The number of nitrogens with zero attached hydrogens (tertiary/aromatic N) is 1. The average molecular weight is 755 g/mol. The Balaban J connectivity index is 0.000000599. The molecule has 0 aliphatic rings. The molecule has 0 aliphatic heterocycles. The van der Waals surface area contributed by atoms with E-state index < -0.39 is 15.8 Å². The molecule has 0 bridgehead atoms. The van der Waals surface area contributed by atoms with Gasteiger partial charge in [0.1, 0.15) is 0 Å². The number of hydrogen-bond acceptors (Lipinski definition) is 1. The van der Waals surface area contributed by atoms with Crippen LogP contribution in [0.5, 0.6) is 0 Å². The van der Waals surface area contributed by atoms with Gasteiger partial charge in [-0.1, -0.05) is 154 Å². The van der Waals surface area contributed by atoms with Crippen LogP contribution in [-0.2, 0) is 33.4 Å². The first-order valence-electron chi connectivity index (χ1n) is 14.0. The van der Waals surface area contributed by atoms with Crippen molar-refractivity contribution in [2.24, 2.45) is 5.92 Å². The number of allylic oxidation sites excluding steroid dienone is 1. The van der Waals surface area contributed by atoms with Crippen molar-refractivity contribution in [2.75, 3.05) is 0 Å². The summed E-state index contributed by atoms with van der Waals surface area (Å²) in [6.07, 6.45) is 5.08. The van der Waals surface area contributed by atoms with Crippen molar-refractivity contribution in [3.63, 3.8) is 0 Å². The van der Waals surface area contributed by atoms with Crippen molar-refractivity contribution in [2.45, 2.75) is 32.6 Å². The minimum Gasteiger partial charge on any atom is -0.257 e. The largest absolute Gasteiger partial charge is 2.00 e. The van der Waals surface area contributed by atoms with Crippen molar-refractivity contribution in [1.29, 1.82) is 0 Å². The Morgan fingerprint density at radius 3 is 1.12 bits per heavy atom. The Bertz CT molecular complexity index is 1230. The molecule has 0 radical (unpaired) electrons. The summed E-state index contributed by atoms with van der Waals surface area (Å²) in [5, 5.41) is 5.58. The number of aromatic nitrogens is 1. The summed E-state index contributed by atoms with van der Waals surface area (Å²) in [5.41, 5.74) is 2.35. The second-order valence-electron chi connectivity index (χ2n) is 9.76. The fraction of sp³-hybridized carbons (Fsp3) is 0.162. The molecule has 0 amide bonds. The Kier molecular flexibility index (Phi) is 14.4. The van der Waals surface area contributed by atoms with Crippen LogP contribution in [0.25, 0.3) is 0 Å². The molecular formula is C37H39NP2Pt+2. The molecule has 0 aliphatic carbocycles. The Hall–Kier alpha value is -2.68. The zero-order valence-electron chi connectivity index (χ0n) is 23.9. The first-order valence-corrected chi connectivity index (χ1v) is 17.1. The van der Waals surface area contributed by atoms with Crippen LogP contribution in [0.2, 0.25) is 0 Å². The van der Waals surface area contributed by atoms with Gasteiger partial charge in [0.05, 0.1) is 0 Å². The SMILES string of the molecule is C=CC(C)CC.[Pt+2].c1ccc(P(Cc2cccc(CP(c3ccccc3)c3ccccc3)n2)c2ccccc2)cc1. The van der Waals surface area contributed by atoms with E-state index in [2.05, 4.69) is 160 Å². The Labute approximate surface area is 264 Å². The fourth-order valence-electron chi connectivity index (χ4n) is 4.29. The predicted octanol–water partition coefficient (Wildman–Crippen LogP) is 8.56. The summed E-state index contributed by atoms with van der Waals surface area (Å²) in [5.74, 6) is 0.699. The van der Waals surface area contributed by atoms with E-state index in [9.17, 15) is 0 Å². The van der Waals surface area contributed by atoms with Gasteiger partial charge in [0.2, 0.25) is 0 Å². The van der Waals surface area contributed by atoms with Gasteiger partial charge in [0, 0.05) is 23.7 Å². The average Bonchev–Trinajstić information content (AvgIpc) is 3.04. The third kappa shape index (κ3) is 10.3. The second kappa shape index (κ2) is 18.0. The monoisotopic (exact) mass is 754 g/mol. The maximum atomic E-state index is 5.19. The standard InChI is InChI=1S/C31H27NP2.C6H12.Pt/c1-5-16-28(17-6-1)33(29-18-7-2-8-19-29)24-26-14-13-15-27(32-26)25-34(30-20-9-3-10-21-30)31-22-11-4-12-23-31;1-4-6(3)5-2;/h1-23H,24-25H2;4,6H,1,5H2,2-3H3;/q;;+2. The number of benzene rings is 4. The first kappa shape index (κ1) is 32.8. The van der Waals surface area contributed by atoms with E-state index >= 15 is 0 Å². The van der Waals surface area contributed by atoms with E-state index in [-0.39, 0.29) is 21.1 Å². The first-order chi connectivity index (χ1) is 19.7. The van der Waals surface area contributed by atoms with Crippen LogP contribution in [0.4, 0.5) is 0 Å². The Morgan fingerprint density at radius 2 is 0.878 bits per heavy atom. The van der Waals surface area contributed by atoms with Crippen molar-refractivity contribution < 1.29 is 21.1 Å². The summed E-state index contributed by atoms with van der Waals surface area (Å²) < 4.78 is 0. The molecule has 5 rings (SSSR count). The summed E-state index contributed by atoms with van der Waals surface area (Å²) in [6.45, 7) is 7.95. The van der Waals surface area contributed by atoms with E-state index in [0.29, 0.717) is 5.92 Å². The minimum atomic E-state index is -0.505. The molecule has 4 aromatic carbocycles. The third-order valence-corrected chi connectivity index (χ3v) is 11.8. The van der Waals surface area contributed by atoms with Gasteiger partial charge in [-0.3, -0.25) is 4.98 Å². The van der Waals surface area contributed by atoms with E-state index in [1.165, 1.54) is 39.0 Å². The molecule has 5 aromatic rings. The quantitative estimate of drug-likeness (QED) is 0.103. The molecular weight excluding hydrogens is 715 g/mol. The van der Waals surface area contributed by atoms with E-state index in [4.69, 9.17) is 4.98 Å². The molecule has 0 saturated heterocycles. The zero-order valence-corrected chi connectivity index (χ0v) is 28.0. The topological polar surface area (TPSA) is 12.9 Å². The molecule has 41 heavy (non-hydrogen) atoms. The smallest absolute Gasteiger partial charge is 0.257 e. The van der Waals surface area contributed by atoms with Crippen molar-refractivity contribution in [1.82, 2.24) is 4.98 Å². The molecule has 0 spiro atoms. The van der Waals surface area contributed by atoms with E-state index in [1.54, 1.807) is 0 Å². The summed E-state index contributed by atoms with van der Waals surface area (Å²) in [7, 11) is -1.01. The predicted molar refractivity (Wildman–Crippen MR) is 179 cm³/mol. The van der Waals surface area contributed by atoms with Crippen molar-refractivity contribution in [3.8, 4) is 0 Å². The van der Waals surface area contributed by atoms with Crippen molar-refractivity contribution in [3.05, 3.63) is 164 Å². The van der Waals surface area contributed by atoms with Gasteiger partial charge in [-0.15, -0.1) is 6.58 Å². The third-order valence-electron chi connectivity index (χ3n) is 6.82. The van der Waals surface area contributed by atoms with Crippen LogP contribution in [0, 0.1) is 5.92 Å². The fourth-order valence-corrected chi connectivity index (χ4v) is 8.75. The van der Waals surface area contributed by atoms with Crippen LogP contribution >= 0.6 is 15.8 Å². The molecule has 0 N–H and O–H groups in total. The van der Waals surface area contributed by atoms with Crippen LogP contribution in [0.1, 0.15) is 31.7 Å². The van der Waals surface area contributed by atoms with Crippen molar-refractivity contribution >= 4 is 37.1 Å². The van der Waals surface area contributed by atoms with Gasteiger partial charge in [0.25, 0.3) is 0 Å². The number of rotatable bonds is 10. The normalized spacial score (nSPS) is 11.2. The van der Waals surface area contributed by atoms with Gasteiger partial charge in [-0.25, -0.2) is 0 Å². The maximum absolute atomic E-state index is 5.19. The summed E-state index contributed by atoms with van der Waals surface area (Å²) in [6, 6.07) is 50.1. The van der Waals surface area contributed by atoms with Gasteiger partial charge < -0.3 is 0 Å². The maximum Gasteiger partial charge on any atom is 2.00 e. The molecule has 1 unspecified atom stereocenters. The van der Waals surface area contributed by atoms with Crippen LogP contribution in [0.3, 0.4) is 0 Å². The number of hydrogen-bond donors (Lipinski definition) is 0. The van der Waals surface area contributed by atoms with Gasteiger partial charge >= 0.3 is 21.1 Å². The van der Waals surface area contributed by atoms with Gasteiger partial charge in [-0.05, 0) is 55.1 Å². The van der Waals surface area contributed by atoms with E-state index in [1.807, 2.05) is 6.08 Å². The van der Waals surface area contributed by atoms with Gasteiger partial charge in [-0.2, -0.15) is 0 Å². The molecule has 1 nitrogen and oxygen atoms in total. The summed E-state index contributed by atoms with van der Waals surface area (Å²) in [4.78, 5) is 5.19. The molecule has 1 heterocycles. The number of pyridine rings is 1. The van der Waals surface area contributed by atoms with Crippen LogP contribution in [0.15, 0.2) is 152 Å². The Morgan fingerprint density at radius 1 is 0.561 bits per heavy atom. The van der Waals surface area contributed by atoms with Gasteiger partial charge in [0.15, 0.2) is 0 Å². The summed E-state index contributed by atoms with van der Waals surface area (Å²) >= 11 is 0. The molecule has 4 heteroatoms. The molecule has 1 aromatic heterocycles. The van der Waals surface area contributed by atoms with Crippen LogP contribution in [-0.4, -0.2) is 4.98 Å². The van der Waals surface area contributed by atoms with Crippen LogP contribution < -0.4 is 21.2 Å².